The van der Waals surface area contributed by atoms with E-state index in [-0.39, 0.29) is 0 Å². The van der Waals surface area contributed by atoms with Gasteiger partial charge in [-0.1, -0.05) is 25.8 Å². The average Bonchev–Trinajstić information content (AvgIpc) is 2.83. The van der Waals surface area contributed by atoms with Crippen molar-refractivity contribution in [3.63, 3.8) is 0 Å². The van der Waals surface area contributed by atoms with E-state index in [1.54, 1.807) is 0 Å². The zero-order valence-electron chi connectivity index (χ0n) is 10.7. The summed E-state index contributed by atoms with van der Waals surface area (Å²) in [6.45, 7) is 2.37. The lowest BCUT2D eigenvalue weighted by Gasteiger charge is -2.32. The second kappa shape index (κ2) is 6.53. The van der Waals surface area contributed by atoms with E-state index in [4.69, 9.17) is 5.84 Å². The summed E-state index contributed by atoms with van der Waals surface area (Å²) in [6, 6.07) is 4.86. The summed E-state index contributed by atoms with van der Waals surface area (Å²) >= 11 is 1.85. The van der Waals surface area contributed by atoms with E-state index in [1.165, 1.54) is 37.0 Å². The molecule has 2 nitrogen and oxygen atoms in total. The second-order valence-electron chi connectivity index (χ2n) is 5.42. The van der Waals surface area contributed by atoms with Crippen molar-refractivity contribution in [1.29, 1.82) is 0 Å². The van der Waals surface area contributed by atoms with Crippen molar-refractivity contribution in [2.24, 2.45) is 17.7 Å². The Balaban J connectivity index is 1.83. The zero-order valence-corrected chi connectivity index (χ0v) is 11.5. The molecule has 1 aromatic heterocycles. The maximum atomic E-state index is 5.74. The van der Waals surface area contributed by atoms with Crippen LogP contribution in [0.25, 0.3) is 0 Å². The van der Waals surface area contributed by atoms with Gasteiger partial charge in [-0.2, -0.15) is 0 Å². The monoisotopic (exact) mass is 252 g/mol. The maximum Gasteiger partial charge on any atom is 0.0242 e. The Morgan fingerprint density at radius 3 is 3.06 bits per heavy atom. The summed E-state index contributed by atoms with van der Waals surface area (Å²) in [4.78, 5) is 1.48. The van der Waals surface area contributed by atoms with E-state index in [0.717, 1.165) is 18.3 Å². The van der Waals surface area contributed by atoms with Crippen LogP contribution in [0.4, 0.5) is 0 Å². The van der Waals surface area contributed by atoms with Crippen LogP contribution in [0, 0.1) is 11.8 Å². The molecule has 1 fully saturated rings. The second-order valence-corrected chi connectivity index (χ2v) is 6.46. The van der Waals surface area contributed by atoms with Crippen molar-refractivity contribution in [2.45, 2.75) is 51.5 Å². The minimum atomic E-state index is 0.500. The number of nitrogens with one attached hydrogen (secondary N) is 1. The Bertz CT molecular complexity index is 310. The number of hydrogen-bond donors (Lipinski definition) is 2. The summed E-state index contributed by atoms with van der Waals surface area (Å²) in [5.41, 5.74) is 3.06. The van der Waals surface area contributed by atoms with Gasteiger partial charge in [-0.15, -0.1) is 11.3 Å². The molecule has 0 spiro atoms. The van der Waals surface area contributed by atoms with Crippen molar-refractivity contribution in [1.82, 2.24) is 5.43 Å². The number of hydrazine groups is 1. The Morgan fingerprint density at radius 2 is 2.41 bits per heavy atom. The fourth-order valence-corrected chi connectivity index (χ4v) is 3.78. The van der Waals surface area contributed by atoms with Gasteiger partial charge in [0.1, 0.15) is 0 Å². The Morgan fingerprint density at radius 1 is 1.53 bits per heavy atom. The van der Waals surface area contributed by atoms with Crippen LogP contribution in [0.5, 0.6) is 0 Å². The average molecular weight is 252 g/mol. The molecule has 1 heterocycles. The predicted molar refractivity (Wildman–Crippen MR) is 74.9 cm³/mol. The van der Waals surface area contributed by atoms with Crippen molar-refractivity contribution in [3.8, 4) is 0 Å². The van der Waals surface area contributed by atoms with Crippen LogP contribution in [0.1, 0.15) is 43.9 Å². The molecule has 1 aliphatic carbocycles. The first-order valence-electron chi connectivity index (χ1n) is 6.78. The van der Waals surface area contributed by atoms with Gasteiger partial charge >= 0.3 is 0 Å². The van der Waals surface area contributed by atoms with Crippen molar-refractivity contribution >= 4 is 11.3 Å². The van der Waals surface area contributed by atoms with Gasteiger partial charge < -0.3 is 0 Å². The molecule has 3 heteroatoms. The van der Waals surface area contributed by atoms with Crippen LogP contribution >= 0.6 is 11.3 Å². The lowest BCUT2D eigenvalue weighted by Crippen LogP contribution is -2.42. The van der Waals surface area contributed by atoms with E-state index in [0.29, 0.717) is 6.04 Å². The first-order chi connectivity index (χ1) is 8.29. The van der Waals surface area contributed by atoms with E-state index >= 15 is 0 Å². The van der Waals surface area contributed by atoms with Crippen LogP contribution in [0.2, 0.25) is 0 Å². The fraction of sp³-hybridized carbons (Fsp3) is 0.714. The lowest BCUT2D eigenvalue weighted by molar-refractivity contribution is 0.216. The minimum absolute atomic E-state index is 0.500. The van der Waals surface area contributed by atoms with Crippen LogP contribution in [0.3, 0.4) is 0 Å². The molecular weight excluding hydrogens is 228 g/mol. The van der Waals surface area contributed by atoms with Crippen molar-refractivity contribution < 1.29 is 0 Å². The molecule has 2 rings (SSSR count). The van der Waals surface area contributed by atoms with Gasteiger partial charge in [0.25, 0.3) is 0 Å². The SMILES string of the molecule is CC1CCCC(C(CCc2cccs2)NN)C1. The molecule has 3 atom stereocenters. The fourth-order valence-electron chi connectivity index (χ4n) is 3.05. The largest absolute Gasteiger partial charge is 0.271 e. The highest BCUT2D eigenvalue weighted by atomic mass is 32.1. The Hall–Kier alpha value is -0.380. The first-order valence-corrected chi connectivity index (χ1v) is 7.66. The van der Waals surface area contributed by atoms with E-state index in [9.17, 15) is 0 Å². The molecule has 0 saturated heterocycles. The minimum Gasteiger partial charge on any atom is -0.271 e. The van der Waals surface area contributed by atoms with E-state index < -0.39 is 0 Å². The standard InChI is InChI=1S/C14H24N2S/c1-11-4-2-5-12(10-11)14(16-15)8-7-13-6-3-9-17-13/h3,6,9,11-12,14,16H,2,4-5,7-8,10,15H2,1H3. The third-order valence-electron chi connectivity index (χ3n) is 4.04. The summed E-state index contributed by atoms with van der Waals surface area (Å²) in [5.74, 6) is 7.40. The molecule has 0 bridgehead atoms. The van der Waals surface area contributed by atoms with Gasteiger partial charge in [-0.25, -0.2) is 0 Å². The molecule has 1 aromatic rings. The third-order valence-corrected chi connectivity index (χ3v) is 4.98. The molecule has 1 aliphatic rings. The van der Waals surface area contributed by atoms with Gasteiger partial charge in [0.15, 0.2) is 0 Å². The van der Waals surface area contributed by atoms with Crippen LogP contribution in [0.15, 0.2) is 17.5 Å². The van der Waals surface area contributed by atoms with Crippen LogP contribution in [-0.4, -0.2) is 6.04 Å². The van der Waals surface area contributed by atoms with Gasteiger partial charge in [0.2, 0.25) is 0 Å². The molecule has 96 valence electrons. The van der Waals surface area contributed by atoms with Crippen LogP contribution in [-0.2, 0) is 6.42 Å². The van der Waals surface area contributed by atoms with Gasteiger partial charge in [0.05, 0.1) is 0 Å². The maximum absolute atomic E-state index is 5.74. The highest BCUT2D eigenvalue weighted by Gasteiger charge is 2.25. The molecule has 0 amide bonds. The van der Waals surface area contributed by atoms with E-state index in [1.807, 2.05) is 11.3 Å². The lowest BCUT2D eigenvalue weighted by atomic mass is 9.77. The topological polar surface area (TPSA) is 38.0 Å². The zero-order chi connectivity index (χ0) is 12.1. The third kappa shape index (κ3) is 3.80. The Labute approximate surface area is 109 Å². The normalized spacial score (nSPS) is 26.9. The van der Waals surface area contributed by atoms with Crippen molar-refractivity contribution in [3.05, 3.63) is 22.4 Å². The molecule has 1 saturated carbocycles. The van der Waals surface area contributed by atoms with Crippen molar-refractivity contribution in [2.75, 3.05) is 0 Å². The van der Waals surface area contributed by atoms with E-state index in [2.05, 4.69) is 29.9 Å². The summed E-state index contributed by atoms with van der Waals surface area (Å²) < 4.78 is 0. The molecule has 0 aromatic carbocycles. The molecule has 0 aliphatic heterocycles. The van der Waals surface area contributed by atoms with Gasteiger partial charge in [-0.05, 0) is 49.0 Å². The summed E-state index contributed by atoms with van der Waals surface area (Å²) in [6.07, 6.45) is 7.82. The van der Waals surface area contributed by atoms with Crippen LogP contribution < -0.4 is 11.3 Å². The van der Waals surface area contributed by atoms with Gasteiger partial charge in [0, 0.05) is 10.9 Å². The van der Waals surface area contributed by atoms with Gasteiger partial charge in [-0.3, -0.25) is 11.3 Å². The summed E-state index contributed by atoms with van der Waals surface area (Å²) in [7, 11) is 0. The smallest absolute Gasteiger partial charge is 0.0242 e. The number of rotatable bonds is 5. The quantitative estimate of drug-likeness (QED) is 0.623. The number of thiophene rings is 1. The summed E-state index contributed by atoms with van der Waals surface area (Å²) in [5, 5.41) is 2.16. The molecule has 3 unspecified atom stereocenters. The predicted octanol–water partition coefficient (Wildman–Crippen LogP) is 3.34. The Kier molecular flexibility index (Phi) is 5.01. The first kappa shape index (κ1) is 13.1. The molecule has 3 N–H and O–H groups in total. The number of aryl methyl sites for hydroxylation is 1. The molecule has 17 heavy (non-hydrogen) atoms. The number of hydrogen-bond acceptors (Lipinski definition) is 3. The highest BCUT2D eigenvalue weighted by molar-refractivity contribution is 7.09. The molecular formula is C14H24N2S. The number of nitrogens with two attached hydrogens (primary N) is 1. The molecule has 0 radical (unpaired) electrons. The highest BCUT2D eigenvalue weighted by Crippen LogP contribution is 2.32.